The van der Waals surface area contributed by atoms with Crippen molar-refractivity contribution in [2.24, 2.45) is 0 Å². The number of aromatic amines is 1. The Morgan fingerprint density at radius 3 is 3.07 bits per heavy atom. The molecule has 74 valence electrons. The van der Waals surface area contributed by atoms with Gasteiger partial charge in [-0.25, -0.2) is 0 Å². The van der Waals surface area contributed by atoms with E-state index in [4.69, 9.17) is 0 Å². The molecule has 1 aliphatic heterocycles. The van der Waals surface area contributed by atoms with Gasteiger partial charge in [0.05, 0.1) is 6.54 Å². The van der Waals surface area contributed by atoms with Gasteiger partial charge < -0.3 is 5.32 Å². The van der Waals surface area contributed by atoms with Crippen molar-refractivity contribution >= 4 is 11.8 Å². The molecule has 0 radical (unpaired) electrons. The monoisotopic (exact) mass is 194 g/mol. The normalized spacial score (nSPS) is 17.1. The van der Waals surface area contributed by atoms with E-state index in [1.54, 1.807) is 6.07 Å². The van der Waals surface area contributed by atoms with Crippen LogP contribution in [0.5, 0.6) is 0 Å². The van der Waals surface area contributed by atoms with Crippen molar-refractivity contribution in [3.05, 3.63) is 18.0 Å². The molecule has 0 spiro atoms. The average molecular weight is 194 g/mol. The van der Waals surface area contributed by atoms with Crippen LogP contribution in [0.3, 0.4) is 0 Å². The average Bonchev–Trinajstić information content (AvgIpc) is 2.70. The Hall–Kier alpha value is -1.69. The number of carbonyl (C=O) groups is 2. The van der Waals surface area contributed by atoms with Crippen LogP contribution in [-0.4, -0.2) is 46.5 Å². The summed E-state index contributed by atoms with van der Waals surface area (Å²) < 4.78 is 0. The molecule has 1 aromatic rings. The number of H-pyrrole nitrogens is 1. The molecule has 0 unspecified atom stereocenters. The highest BCUT2D eigenvalue weighted by Gasteiger charge is 2.25. The van der Waals surface area contributed by atoms with Crippen LogP contribution >= 0.6 is 0 Å². The third kappa shape index (κ3) is 1.51. The molecular formula is C8H10N4O2. The van der Waals surface area contributed by atoms with Crippen LogP contribution in [0, 0.1) is 0 Å². The van der Waals surface area contributed by atoms with Crippen molar-refractivity contribution in [2.45, 2.75) is 0 Å². The number of rotatable bonds is 1. The summed E-state index contributed by atoms with van der Waals surface area (Å²) in [5, 5.41) is 9.10. The fraction of sp³-hybridized carbons (Fsp3) is 0.375. The van der Waals surface area contributed by atoms with E-state index < -0.39 is 0 Å². The van der Waals surface area contributed by atoms with Gasteiger partial charge in [-0.15, -0.1) is 0 Å². The molecule has 6 nitrogen and oxygen atoms in total. The van der Waals surface area contributed by atoms with E-state index in [1.807, 2.05) is 0 Å². The van der Waals surface area contributed by atoms with Gasteiger partial charge in [-0.1, -0.05) is 0 Å². The second kappa shape index (κ2) is 3.59. The van der Waals surface area contributed by atoms with E-state index in [9.17, 15) is 9.59 Å². The topological polar surface area (TPSA) is 78.1 Å². The molecule has 1 saturated heterocycles. The Bertz CT molecular complexity index is 346. The molecule has 0 aromatic carbocycles. The number of amides is 2. The molecule has 2 heterocycles. The SMILES string of the molecule is O=C1CNCCN1C(=O)c1ccn[nH]1. The van der Waals surface area contributed by atoms with Crippen molar-refractivity contribution in [3.8, 4) is 0 Å². The van der Waals surface area contributed by atoms with Gasteiger partial charge in [0.1, 0.15) is 5.69 Å². The summed E-state index contributed by atoms with van der Waals surface area (Å²) in [5.74, 6) is -0.509. The molecule has 6 heteroatoms. The van der Waals surface area contributed by atoms with Gasteiger partial charge in [0.25, 0.3) is 5.91 Å². The van der Waals surface area contributed by atoms with Crippen LogP contribution in [0.2, 0.25) is 0 Å². The minimum atomic E-state index is -0.311. The summed E-state index contributed by atoms with van der Waals surface area (Å²) in [6.07, 6.45) is 1.49. The van der Waals surface area contributed by atoms with Crippen LogP contribution in [0.25, 0.3) is 0 Å². The molecule has 1 aromatic heterocycles. The summed E-state index contributed by atoms with van der Waals surface area (Å²) in [7, 11) is 0. The molecule has 0 aliphatic carbocycles. The highest BCUT2D eigenvalue weighted by atomic mass is 16.2. The smallest absolute Gasteiger partial charge is 0.278 e. The summed E-state index contributed by atoms with van der Waals surface area (Å²) >= 11 is 0. The molecular weight excluding hydrogens is 184 g/mol. The lowest BCUT2D eigenvalue weighted by molar-refractivity contribution is -0.129. The molecule has 2 N–H and O–H groups in total. The molecule has 0 atom stereocenters. The predicted octanol–water partition coefficient (Wildman–Crippen LogP) is -1.02. The molecule has 0 saturated carbocycles. The number of nitrogens with zero attached hydrogens (tertiary/aromatic N) is 2. The van der Waals surface area contributed by atoms with Crippen LogP contribution in [0.4, 0.5) is 0 Å². The molecule has 14 heavy (non-hydrogen) atoms. The van der Waals surface area contributed by atoms with E-state index >= 15 is 0 Å². The Kier molecular flexibility index (Phi) is 2.28. The van der Waals surface area contributed by atoms with Gasteiger partial charge in [-0.3, -0.25) is 19.6 Å². The molecule has 0 bridgehead atoms. The van der Waals surface area contributed by atoms with E-state index in [-0.39, 0.29) is 18.4 Å². The predicted molar refractivity (Wildman–Crippen MR) is 47.5 cm³/mol. The second-order valence-corrected chi connectivity index (χ2v) is 3.00. The van der Waals surface area contributed by atoms with Crippen molar-refractivity contribution in [1.29, 1.82) is 0 Å². The molecule has 2 amide bonds. The first-order chi connectivity index (χ1) is 6.79. The van der Waals surface area contributed by atoms with Crippen LogP contribution < -0.4 is 5.32 Å². The van der Waals surface area contributed by atoms with Crippen molar-refractivity contribution < 1.29 is 9.59 Å². The third-order valence-corrected chi connectivity index (χ3v) is 2.07. The second-order valence-electron chi connectivity index (χ2n) is 3.00. The summed E-state index contributed by atoms with van der Waals surface area (Å²) in [6.45, 7) is 1.28. The van der Waals surface area contributed by atoms with E-state index in [0.717, 1.165) is 0 Å². The minimum Gasteiger partial charge on any atom is -0.307 e. The lowest BCUT2D eigenvalue weighted by Crippen LogP contribution is -2.50. The number of carbonyl (C=O) groups excluding carboxylic acids is 2. The number of hydrogen-bond acceptors (Lipinski definition) is 4. The molecule has 2 rings (SSSR count). The van der Waals surface area contributed by atoms with Gasteiger partial charge in [0, 0.05) is 19.3 Å². The highest BCUT2D eigenvalue weighted by molar-refractivity contribution is 6.04. The quantitative estimate of drug-likeness (QED) is 0.561. The number of aromatic nitrogens is 2. The van der Waals surface area contributed by atoms with E-state index in [1.165, 1.54) is 11.1 Å². The Morgan fingerprint density at radius 1 is 1.57 bits per heavy atom. The lowest BCUT2D eigenvalue weighted by Gasteiger charge is -2.24. The highest BCUT2D eigenvalue weighted by Crippen LogP contribution is 2.02. The van der Waals surface area contributed by atoms with Crippen molar-refractivity contribution in [2.75, 3.05) is 19.6 Å². The van der Waals surface area contributed by atoms with Crippen molar-refractivity contribution in [3.63, 3.8) is 0 Å². The van der Waals surface area contributed by atoms with Crippen LogP contribution in [-0.2, 0) is 4.79 Å². The fourth-order valence-corrected chi connectivity index (χ4v) is 1.34. The Labute approximate surface area is 80.3 Å². The lowest BCUT2D eigenvalue weighted by atomic mass is 10.3. The standard InChI is InChI=1S/C8H10N4O2/c13-7-5-9-3-4-12(7)8(14)6-1-2-10-11-6/h1-2,9H,3-5H2,(H,10,11). The Morgan fingerprint density at radius 2 is 2.43 bits per heavy atom. The first kappa shape index (κ1) is 8.89. The number of imide groups is 1. The maximum Gasteiger partial charge on any atom is 0.278 e. The Balaban J connectivity index is 2.14. The van der Waals surface area contributed by atoms with Crippen molar-refractivity contribution in [1.82, 2.24) is 20.4 Å². The van der Waals surface area contributed by atoms with Gasteiger partial charge in [0.2, 0.25) is 5.91 Å². The van der Waals surface area contributed by atoms with Gasteiger partial charge >= 0.3 is 0 Å². The zero-order valence-electron chi connectivity index (χ0n) is 7.49. The minimum absolute atomic E-state index is 0.198. The van der Waals surface area contributed by atoms with Gasteiger partial charge in [-0.2, -0.15) is 5.10 Å². The molecule has 1 fully saturated rings. The summed E-state index contributed by atoms with van der Waals surface area (Å²) in [4.78, 5) is 24.2. The number of nitrogens with one attached hydrogen (secondary N) is 2. The number of piperazine rings is 1. The third-order valence-electron chi connectivity index (χ3n) is 2.07. The maximum absolute atomic E-state index is 11.7. The maximum atomic E-state index is 11.7. The zero-order chi connectivity index (χ0) is 9.97. The first-order valence-electron chi connectivity index (χ1n) is 4.34. The van der Waals surface area contributed by atoms with Crippen LogP contribution in [0.1, 0.15) is 10.5 Å². The van der Waals surface area contributed by atoms with Crippen LogP contribution in [0.15, 0.2) is 12.3 Å². The summed E-state index contributed by atoms with van der Waals surface area (Å²) in [6, 6.07) is 1.55. The summed E-state index contributed by atoms with van der Waals surface area (Å²) in [5.41, 5.74) is 0.347. The molecule has 1 aliphatic rings. The zero-order valence-corrected chi connectivity index (χ0v) is 7.49. The van der Waals surface area contributed by atoms with Gasteiger partial charge in [-0.05, 0) is 6.07 Å². The first-order valence-corrected chi connectivity index (χ1v) is 4.34. The van der Waals surface area contributed by atoms with E-state index in [2.05, 4.69) is 15.5 Å². The number of hydrogen-bond donors (Lipinski definition) is 2. The van der Waals surface area contributed by atoms with Gasteiger partial charge in [0.15, 0.2) is 0 Å². The van der Waals surface area contributed by atoms with E-state index in [0.29, 0.717) is 18.8 Å². The fourth-order valence-electron chi connectivity index (χ4n) is 1.34. The largest absolute Gasteiger partial charge is 0.307 e.